The van der Waals surface area contributed by atoms with Gasteiger partial charge in [0.25, 0.3) is 0 Å². The van der Waals surface area contributed by atoms with E-state index in [-0.39, 0.29) is 12.1 Å². The molecule has 0 spiro atoms. The molecule has 0 fully saturated rings. The number of para-hydroxylation sites is 1. The van der Waals surface area contributed by atoms with Gasteiger partial charge in [0.05, 0.1) is 28.9 Å². The first kappa shape index (κ1) is 23.5. The molecule has 36 heavy (non-hydrogen) atoms. The van der Waals surface area contributed by atoms with E-state index < -0.39 is 0 Å². The van der Waals surface area contributed by atoms with Crippen LogP contribution in [0.3, 0.4) is 0 Å². The van der Waals surface area contributed by atoms with Crippen molar-refractivity contribution in [2.24, 2.45) is 0 Å². The number of esters is 1. The van der Waals surface area contributed by atoms with E-state index in [1.54, 1.807) is 6.20 Å². The molecule has 0 aliphatic carbocycles. The number of fused-ring (bicyclic) bond motifs is 1. The molecule has 2 aromatic heterocycles. The number of H-pyrrole nitrogens is 1. The lowest BCUT2D eigenvalue weighted by molar-refractivity contribution is 0.0380. The number of imidazole rings is 1. The van der Waals surface area contributed by atoms with Crippen LogP contribution in [-0.2, 0) is 17.7 Å². The third kappa shape index (κ3) is 4.64. The Morgan fingerprint density at radius 2 is 1.78 bits per heavy atom. The Kier molecular flexibility index (Phi) is 6.62. The average Bonchev–Trinajstić information content (AvgIpc) is 3.53. The molecule has 182 valence electrons. The number of aromatic nitrogens is 5. The number of benzene rings is 3. The molecule has 0 saturated heterocycles. The van der Waals surface area contributed by atoms with E-state index in [4.69, 9.17) is 9.72 Å². The number of hydrogen-bond acceptors (Lipinski definition) is 5. The van der Waals surface area contributed by atoms with E-state index in [9.17, 15) is 4.79 Å². The van der Waals surface area contributed by atoms with Crippen molar-refractivity contribution in [1.29, 1.82) is 0 Å². The highest BCUT2D eigenvalue weighted by Crippen LogP contribution is 2.31. The van der Waals surface area contributed by atoms with E-state index in [1.807, 2.05) is 50.2 Å². The minimum Gasteiger partial charge on any atom is -0.459 e. The fourth-order valence-electron chi connectivity index (χ4n) is 4.52. The first-order valence-corrected chi connectivity index (χ1v) is 12.3. The van der Waals surface area contributed by atoms with Crippen LogP contribution in [0.15, 0.2) is 72.9 Å². The molecule has 0 aliphatic heterocycles. The first-order valence-electron chi connectivity index (χ1n) is 12.3. The van der Waals surface area contributed by atoms with Crippen LogP contribution >= 0.6 is 0 Å². The SMILES string of the molecule is CCCc1nc2cccc(C(=O)OC(C)C)c2n1Cc1ccc(-c2ccccc2-c2cn[nH]n2)cc1. The van der Waals surface area contributed by atoms with Crippen molar-refractivity contribution >= 4 is 17.0 Å². The highest BCUT2D eigenvalue weighted by Gasteiger charge is 2.20. The summed E-state index contributed by atoms with van der Waals surface area (Å²) in [4.78, 5) is 17.8. The Balaban J connectivity index is 1.51. The summed E-state index contributed by atoms with van der Waals surface area (Å²) in [6.45, 7) is 6.47. The van der Waals surface area contributed by atoms with Gasteiger partial charge in [0.1, 0.15) is 11.5 Å². The van der Waals surface area contributed by atoms with Crippen LogP contribution in [0.4, 0.5) is 0 Å². The number of aryl methyl sites for hydroxylation is 1. The molecule has 5 rings (SSSR count). The van der Waals surface area contributed by atoms with Gasteiger partial charge in [-0.3, -0.25) is 0 Å². The third-order valence-corrected chi connectivity index (χ3v) is 6.11. The summed E-state index contributed by atoms with van der Waals surface area (Å²) in [7, 11) is 0. The second-order valence-corrected chi connectivity index (χ2v) is 9.09. The minimum atomic E-state index is -0.320. The van der Waals surface area contributed by atoms with Gasteiger partial charge in [-0.25, -0.2) is 9.78 Å². The molecule has 0 saturated carbocycles. The quantitative estimate of drug-likeness (QED) is 0.274. The van der Waals surface area contributed by atoms with E-state index in [2.05, 4.69) is 57.2 Å². The van der Waals surface area contributed by atoms with E-state index in [1.165, 1.54) is 0 Å². The monoisotopic (exact) mass is 479 g/mol. The van der Waals surface area contributed by atoms with Crippen molar-refractivity contribution in [3.63, 3.8) is 0 Å². The van der Waals surface area contributed by atoms with Crippen molar-refractivity contribution < 1.29 is 9.53 Å². The van der Waals surface area contributed by atoms with Crippen LogP contribution in [0, 0.1) is 0 Å². The van der Waals surface area contributed by atoms with Gasteiger partial charge < -0.3 is 9.30 Å². The number of nitrogens with one attached hydrogen (secondary N) is 1. The highest BCUT2D eigenvalue weighted by atomic mass is 16.5. The molecule has 0 radical (unpaired) electrons. The standard InChI is InChI=1S/C29H29N5O2/c1-4-8-27-31-25-12-7-11-24(29(35)36-19(2)3)28(25)34(27)18-20-13-15-21(16-14-20)22-9-5-6-10-23(22)26-17-30-33-32-26/h5-7,9-17,19H,4,8,18H2,1-3H3,(H,30,32,33). The molecule has 7 heteroatoms. The van der Waals surface area contributed by atoms with Crippen molar-refractivity contribution in [1.82, 2.24) is 25.0 Å². The summed E-state index contributed by atoms with van der Waals surface area (Å²) in [5.74, 6) is 0.650. The molecule has 7 nitrogen and oxygen atoms in total. The van der Waals surface area contributed by atoms with Crippen LogP contribution in [0.2, 0.25) is 0 Å². The lowest BCUT2D eigenvalue weighted by Crippen LogP contribution is -2.14. The molecule has 0 bridgehead atoms. The van der Waals surface area contributed by atoms with Gasteiger partial charge in [-0.05, 0) is 49.1 Å². The Morgan fingerprint density at radius 1 is 1.00 bits per heavy atom. The van der Waals surface area contributed by atoms with Gasteiger partial charge in [-0.2, -0.15) is 15.4 Å². The Morgan fingerprint density at radius 3 is 2.47 bits per heavy atom. The van der Waals surface area contributed by atoms with Gasteiger partial charge in [0.2, 0.25) is 0 Å². The zero-order chi connectivity index (χ0) is 25.1. The Hall–Kier alpha value is -4.26. The third-order valence-electron chi connectivity index (χ3n) is 6.11. The van der Waals surface area contributed by atoms with Crippen LogP contribution in [-0.4, -0.2) is 37.0 Å². The summed E-state index contributed by atoms with van der Waals surface area (Å²) in [5.41, 5.74) is 7.35. The highest BCUT2D eigenvalue weighted by molar-refractivity contribution is 6.02. The number of rotatable bonds is 8. The fraction of sp³-hybridized carbons (Fsp3) is 0.241. The lowest BCUT2D eigenvalue weighted by Gasteiger charge is -2.14. The van der Waals surface area contributed by atoms with Crippen molar-refractivity contribution in [3.8, 4) is 22.4 Å². The molecular weight excluding hydrogens is 450 g/mol. The number of carbonyl (C=O) groups is 1. The smallest absolute Gasteiger partial charge is 0.340 e. The number of ether oxygens (including phenoxy) is 1. The van der Waals surface area contributed by atoms with Crippen molar-refractivity contribution in [2.75, 3.05) is 0 Å². The van der Waals surface area contributed by atoms with Crippen LogP contribution < -0.4 is 0 Å². The van der Waals surface area contributed by atoms with Gasteiger partial charge in [0, 0.05) is 18.5 Å². The molecule has 0 amide bonds. The number of aromatic amines is 1. The minimum absolute atomic E-state index is 0.188. The van der Waals surface area contributed by atoms with E-state index in [0.29, 0.717) is 12.1 Å². The second-order valence-electron chi connectivity index (χ2n) is 9.09. The number of nitrogens with zero attached hydrogens (tertiary/aromatic N) is 4. The van der Waals surface area contributed by atoms with Gasteiger partial charge in [-0.15, -0.1) is 0 Å². The van der Waals surface area contributed by atoms with Crippen molar-refractivity contribution in [3.05, 3.63) is 89.9 Å². The largest absolute Gasteiger partial charge is 0.459 e. The summed E-state index contributed by atoms with van der Waals surface area (Å²) in [6, 6.07) is 22.3. The molecule has 2 heterocycles. The molecule has 0 unspecified atom stereocenters. The van der Waals surface area contributed by atoms with Gasteiger partial charge in [0.15, 0.2) is 0 Å². The normalized spacial score (nSPS) is 11.3. The van der Waals surface area contributed by atoms with Gasteiger partial charge in [-0.1, -0.05) is 61.5 Å². The maximum atomic E-state index is 12.9. The van der Waals surface area contributed by atoms with Crippen LogP contribution in [0.1, 0.15) is 48.9 Å². The van der Waals surface area contributed by atoms with Crippen LogP contribution in [0.25, 0.3) is 33.4 Å². The molecule has 0 aliphatic rings. The molecule has 3 aromatic carbocycles. The molecule has 0 atom stereocenters. The predicted octanol–water partition coefficient (Wildman–Crippen LogP) is 6.05. The maximum Gasteiger partial charge on any atom is 0.340 e. The zero-order valence-electron chi connectivity index (χ0n) is 20.7. The predicted molar refractivity (Wildman–Crippen MR) is 141 cm³/mol. The van der Waals surface area contributed by atoms with Crippen molar-refractivity contribution in [2.45, 2.75) is 46.3 Å². The maximum absolute atomic E-state index is 12.9. The Labute approximate surface area is 210 Å². The fourth-order valence-corrected chi connectivity index (χ4v) is 4.52. The number of carbonyl (C=O) groups excluding carboxylic acids is 1. The van der Waals surface area contributed by atoms with Gasteiger partial charge >= 0.3 is 5.97 Å². The Bertz CT molecular complexity index is 1480. The molecule has 5 aromatic rings. The molecular formula is C29H29N5O2. The topological polar surface area (TPSA) is 85.7 Å². The van der Waals surface area contributed by atoms with Crippen LogP contribution in [0.5, 0.6) is 0 Å². The number of hydrogen-bond donors (Lipinski definition) is 1. The van der Waals surface area contributed by atoms with E-state index in [0.717, 1.165) is 57.6 Å². The summed E-state index contributed by atoms with van der Waals surface area (Å²) in [6.07, 6.45) is 3.34. The molecule has 1 N–H and O–H groups in total. The van der Waals surface area contributed by atoms with E-state index >= 15 is 0 Å². The summed E-state index contributed by atoms with van der Waals surface area (Å²) >= 11 is 0. The summed E-state index contributed by atoms with van der Waals surface area (Å²) < 4.78 is 7.69. The summed E-state index contributed by atoms with van der Waals surface area (Å²) in [5, 5.41) is 10.9. The zero-order valence-corrected chi connectivity index (χ0v) is 20.7. The first-order chi connectivity index (χ1) is 17.5. The average molecular weight is 480 g/mol. The second kappa shape index (κ2) is 10.2. The lowest BCUT2D eigenvalue weighted by atomic mass is 9.97.